The van der Waals surface area contributed by atoms with E-state index in [0.29, 0.717) is 24.2 Å². The number of carboxylic acid groups (broad SMARTS) is 1. The van der Waals surface area contributed by atoms with E-state index in [1.165, 1.54) is 11.6 Å². The van der Waals surface area contributed by atoms with Crippen LogP contribution >= 0.6 is 12.0 Å². The van der Waals surface area contributed by atoms with Crippen LogP contribution in [0.1, 0.15) is 33.5 Å². The lowest BCUT2D eigenvalue weighted by Crippen LogP contribution is -2.03. The quantitative estimate of drug-likeness (QED) is 0.777. The first kappa shape index (κ1) is 17.1. The fraction of sp³-hybridized carbons (Fsp3) is 0.222. The van der Waals surface area contributed by atoms with E-state index in [2.05, 4.69) is 0 Å². The van der Waals surface area contributed by atoms with Crippen molar-refractivity contribution in [1.82, 2.24) is 0 Å². The van der Waals surface area contributed by atoms with Crippen molar-refractivity contribution in [2.75, 3.05) is 0 Å². The molecule has 2 aromatic rings. The van der Waals surface area contributed by atoms with Crippen molar-refractivity contribution in [3.05, 3.63) is 70.8 Å². The third kappa shape index (κ3) is 5.45. The summed E-state index contributed by atoms with van der Waals surface area (Å²) in [6.45, 7) is 2.02. The zero-order chi connectivity index (χ0) is 16.7. The van der Waals surface area contributed by atoms with Gasteiger partial charge in [-0.2, -0.15) is 0 Å². The molecule has 0 saturated carbocycles. The lowest BCUT2D eigenvalue weighted by Gasteiger charge is -2.06. The Morgan fingerprint density at radius 2 is 1.78 bits per heavy atom. The van der Waals surface area contributed by atoms with E-state index in [1.807, 2.05) is 31.2 Å². The molecule has 0 amide bonds. The standard InChI is InChI=1S/C18H18O4S/c1-13-6-8-14(9-7-13)10-11-17(19)22-23-12-15-4-2-3-5-16(15)18(20)21/h2-9H,10-12H2,1H3,(H,20,21). The number of aromatic carboxylic acids is 1. The zero-order valence-corrected chi connectivity index (χ0v) is 13.6. The Labute approximate surface area is 139 Å². The summed E-state index contributed by atoms with van der Waals surface area (Å²) in [5.41, 5.74) is 3.14. The van der Waals surface area contributed by atoms with Crippen LogP contribution in [0.4, 0.5) is 0 Å². The zero-order valence-electron chi connectivity index (χ0n) is 12.8. The molecule has 2 aromatic carbocycles. The molecule has 120 valence electrons. The molecule has 4 nitrogen and oxygen atoms in total. The molecule has 0 fully saturated rings. The minimum Gasteiger partial charge on any atom is -0.478 e. The number of hydrogen-bond acceptors (Lipinski definition) is 4. The van der Waals surface area contributed by atoms with Gasteiger partial charge in [0.15, 0.2) is 0 Å². The van der Waals surface area contributed by atoms with Crippen LogP contribution in [-0.2, 0) is 21.2 Å². The average Bonchev–Trinajstić information content (AvgIpc) is 2.54. The summed E-state index contributed by atoms with van der Waals surface area (Å²) in [5, 5.41) is 9.09. The number of carboxylic acids is 1. The molecule has 0 bridgehead atoms. The highest BCUT2D eigenvalue weighted by Crippen LogP contribution is 2.18. The van der Waals surface area contributed by atoms with Crippen LogP contribution in [0, 0.1) is 6.92 Å². The number of benzene rings is 2. The van der Waals surface area contributed by atoms with Crippen LogP contribution in [0.5, 0.6) is 0 Å². The minimum absolute atomic E-state index is 0.232. The first-order valence-electron chi connectivity index (χ1n) is 7.25. The van der Waals surface area contributed by atoms with Crippen LogP contribution in [0.2, 0.25) is 0 Å². The molecule has 0 radical (unpaired) electrons. The molecule has 0 saturated heterocycles. The molecule has 0 heterocycles. The van der Waals surface area contributed by atoms with Gasteiger partial charge in [0.2, 0.25) is 0 Å². The van der Waals surface area contributed by atoms with Crippen molar-refractivity contribution in [1.29, 1.82) is 0 Å². The maximum absolute atomic E-state index is 11.7. The van der Waals surface area contributed by atoms with Gasteiger partial charge in [-0.1, -0.05) is 48.0 Å². The smallest absolute Gasteiger partial charge is 0.335 e. The van der Waals surface area contributed by atoms with E-state index in [0.717, 1.165) is 17.6 Å². The van der Waals surface area contributed by atoms with E-state index in [9.17, 15) is 9.59 Å². The average molecular weight is 330 g/mol. The van der Waals surface area contributed by atoms with Gasteiger partial charge in [0.25, 0.3) is 0 Å². The third-order valence-corrected chi connectivity index (χ3v) is 4.09. The van der Waals surface area contributed by atoms with Crippen molar-refractivity contribution in [3.63, 3.8) is 0 Å². The fourth-order valence-corrected chi connectivity index (χ4v) is 2.71. The topological polar surface area (TPSA) is 63.6 Å². The summed E-state index contributed by atoms with van der Waals surface area (Å²) < 4.78 is 5.11. The Balaban J connectivity index is 1.77. The van der Waals surface area contributed by atoms with Gasteiger partial charge in [0, 0.05) is 0 Å². The predicted molar refractivity (Wildman–Crippen MR) is 90.3 cm³/mol. The monoisotopic (exact) mass is 330 g/mol. The molecule has 0 aliphatic carbocycles. The lowest BCUT2D eigenvalue weighted by molar-refractivity contribution is -0.133. The highest BCUT2D eigenvalue weighted by molar-refractivity contribution is 7.94. The van der Waals surface area contributed by atoms with E-state index >= 15 is 0 Å². The summed E-state index contributed by atoms with van der Waals surface area (Å²) in [4.78, 5) is 22.8. The molecule has 2 rings (SSSR count). The summed E-state index contributed by atoms with van der Waals surface area (Å²) in [6, 6.07) is 14.7. The molecule has 0 aliphatic rings. The molecule has 0 spiro atoms. The molecule has 5 heteroatoms. The highest BCUT2D eigenvalue weighted by Gasteiger charge is 2.10. The third-order valence-electron chi connectivity index (χ3n) is 3.35. The molecule has 1 N–H and O–H groups in total. The van der Waals surface area contributed by atoms with Crippen LogP contribution in [0.25, 0.3) is 0 Å². The number of rotatable bonds is 7. The Morgan fingerprint density at radius 3 is 2.48 bits per heavy atom. The molecular weight excluding hydrogens is 312 g/mol. The maximum Gasteiger partial charge on any atom is 0.335 e. The van der Waals surface area contributed by atoms with Gasteiger partial charge in [-0.05, 0) is 30.5 Å². The van der Waals surface area contributed by atoms with E-state index in [1.54, 1.807) is 18.2 Å². The van der Waals surface area contributed by atoms with Crippen molar-refractivity contribution in [2.45, 2.75) is 25.5 Å². The number of carbonyl (C=O) groups is 2. The normalized spacial score (nSPS) is 10.3. The van der Waals surface area contributed by atoms with Gasteiger partial charge in [-0.25, -0.2) is 4.79 Å². The Kier molecular flexibility index (Phi) is 6.23. The van der Waals surface area contributed by atoms with Crippen LogP contribution < -0.4 is 0 Å². The van der Waals surface area contributed by atoms with Crippen molar-refractivity contribution in [2.24, 2.45) is 0 Å². The molecule has 0 aliphatic heterocycles. The highest BCUT2D eigenvalue weighted by atomic mass is 32.2. The summed E-state index contributed by atoms with van der Waals surface area (Å²) in [6.07, 6.45) is 0.933. The van der Waals surface area contributed by atoms with Gasteiger partial charge in [-0.3, -0.25) is 4.79 Å². The van der Waals surface area contributed by atoms with E-state index < -0.39 is 5.97 Å². The predicted octanol–water partition coefficient (Wildman–Crippen LogP) is 4.02. The molecule has 0 aromatic heterocycles. The lowest BCUT2D eigenvalue weighted by atomic mass is 10.1. The summed E-state index contributed by atoms with van der Waals surface area (Å²) >= 11 is 0.971. The second kappa shape index (κ2) is 8.39. The number of carbonyl (C=O) groups excluding carboxylic acids is 1. The SMILES string of the molecule is Cc1ccc(CCC(=O)OSCc2ccccc2C(=O)O)cc1. The van der Waals surface area contributed by atoms with Crippen molar-refractivity contribution >= 4 is 24.0 Å². The maximum atomic E-state index is 11.7. The first-order valence-corrected chi connectivity index (χ1v) is 8.16. The largest absolute Gasteiger partial charge is 0.478 e. The van der Waals surface area contributed by atoms with Crippen molar-refractivity contribution < 1.29 is 18.9 Å². The second-order valence-electron chi connectivity index (χ2n) is 5.17. The molecule has 0 atom stereocenters. The fourth-order valence-electron chi connectivity index (χ4n) is 2.06. The summed E-state index contributed by atoms with van der Waals surface area (Å²) in [5.74, 6) is -0.964. The van der Waals surface area contributed by atoms with Gasteiger partial charge >= 0.3 is 11.9 Å². The van der Waals surface area contributed by atoms with Crippen LogP contribution in [0.15, 0.2) is 48.5 Å². The number of aryl methyl sites for hydroxylation is 2. The first-order chi connectivity index (χ1) is 11.1. The molecule has 0 unspecified atom stereocenters. The Bertz CT molecular complexity index is 680. The summed E-state index contributed by atoms with van der Waals surface area (Å²) in [7, 11) is 0. The molecular formula is C18H18O4S. The Morgan fingerprint density at radius 1 is 1.09 bits per heavy atom. The van der Waals surface area contributed by atoms with Crippen LogP contribution in [-0.4, -0.2) is 17.0 Å². The van der Waals surface area contributed by atoms with Gasteiger partial charge in [0.05, 0.1) is 29.8 Å². The van der Waals surface area contributed by atoms with E-state index in [-0.39, 0.29) is 11.5 Å². The van der Waals surface area contributed by atoms with Gasteiger partial charge in [-0.15, -0.1) is 0 Å². The van der Waals surface area contributed by atoms with Gasteiger partial charge < -0.3 is 9.29 Å². The van der Waals surface area contributed by atoms with Gasteiger partial charge in [0.1, 0.15) is 0 Å². The Hall–Kier alpha value is -2.27. The number of hydrogen-bond donors (Lipinski definition) is 1. The minimum atomic E-state index is -0.980. The molecule has 23 heavy (non-hydrogen) atoms. The van der Waals surface area contributed by atoms with Crippen molar-refractivity contribution in [3.8, 4) is 0 Å². The van der Waals surface area contributed by atoms with E-state index in [4.69, 9.17) is 9.29 Å². The second-order valence-corrected chi connectivity index (χ2v) is 5.86. The van der Waals surface area contributed by atoms with Crippen LogP contribution in [0.3, 0.4) is 0 Å².